The molecule has 1 atom stereocenters. The minimum absolute atomic E-state index is 0.0629. The second-order valence-corrected chi connectivity index (χ2v) is 17.0. The molecule has 0 rings (SSSR count). The summed E-state index contributed by atoms with van der Waals surface area (Å²) in [5.74, 6) is -0.441. The number of rotatable bonds is 47. The fourth-order valence-electron chi connectivity index (χ4n) is 7.20. The summed E-state index contributed by atoms with van der Waals surface area (Å²) in [5.41, 5.74) is 0. The average molecular weight is 839 g/mol. The van der Waals surface area contributed by atoms with E-state index in [9.17, 15) is 9.59 Å². The van der Waals surface area contributed by atoms with Crippen LogP contribution in [0.3, 0.4) is 0 Å². The van der Waals surface area contributed by atoms with Crippen LogP contribution in [-0.2, 0) is 23.8 Å². The van der Waals surface area contributed by atoms with E-state index < -0.39 is 6.10 Å². The summed E-state index contributed by atoms with van der Waals surface area (Å²) < 4.78 is 17.4. The highest BCUT2D eigenvalue weighted by molar-refractivity contribution is 5.70. The van der Waals surface area contributed by atoms with Gasteiger partial charge < -0.3 is 14.2 Å². The van der Waals surface area contributed by atoms with E-state index in [1.807, 2.05) is 0 Å². The lowest BCUT2D eigenvalue weighted by molar-refractivity contribution is -0.163. The lowest BCUT2D eigenvalue weighted by Gasteiger charge is -2.18. The zero-order valence-corrected chi connectivity index (χ0v) is 40.0. The smallest absolute Gasteiger partial charge is 0.306 e. The Balaban J connectivity index is 4.32. The molecule has 0 aromatic rings. The molecule has 60 heavy (non-hydrogen) atoms. The van der Waals surface area contributed by atoms with E-state index >= 15 is 0 Å². The highest BCUT2D eigenvalue weighted by Gasteiger charge is 2.17. The van der Waals surface area contributed by atoms with Gasteiger partial charge in [-0.3, -0.25) is 9.59 Å². The molecule has 0 N–H and O–H groups in total. The summed E-state index contributed by atoms with van der Waals surface area (Å²) in [6.45, 7) is 7.67. The molecule has 0 bridgehead atoms. The number of esters is 2. The normalized spacial score (nSPS) is 12.7. The van der Waals surface area contributed by atoms with Crippen molar-refractivity contribution in [1.29, 1.82) is 0 Å². The Bertz CT molecular complexity index is 1040. The number of unbranched alkanes of at least 4 members (excludes halogenated alkanes) is 26. The minimum Gasteiger partial charge on any atom is -0.462 e. The van der Waals surface area contributed by atoms with Crippen molar-refractivity contribution in [2.75, 3.05) is 19.8 Å². The maximum Gasteiger partial charge on any atom is 0.306 e. The van der Waals surface area contributed by atoms with Gasteiger partial charge in [-0.15, -0.1) is 0 Å². The molecule has 0 spiro atoms. The van der Waals surface area contributed by atoms with Crippen LogP contribution in [0.5, 0.6) is 0 Å². The fourth-order valence-corrected chi connectivity index (χ4v) is 7.20. The van der Waals surface area contributed by atoms with Gasteiger partial charge in [0.15, 0.2) is 6.10 Å². The number of carbonyl (C=O) groups is 2. The van der Waals surface area contributed by atoms with E-state index in [1.54, 1.807) is 0 Å². The first-order valence-corrected chi connectivity index (χ1v) is 25.8. The Morgan fingerprint density at radius 3 is 1.25 bits per heavy atom. The van der Waals surface area contributed by atoms with Crippen molar-refractivity contribution in [3.63, 3.8) is 0 Å². The third-order valence-electron chi connectivity index (χ3n) is 11.0. The van der Waals surface area contributed by atoms with Gasteiger partial charge in [-0.1, -0.05) is 216 Å². The zero-order chi connectivity index (χ0) is 43.5. The SMILES string of the molecule is CC/C=C\C/C=C\C/C=C\C/C=C\CCCCC(=O)OCC(COCCCCCCCC/C=C\CCCCCCCC)OC(=O)CCCCCCCCCCCCCCC. The first kappa shape index (κ1) is 57.6. The predicted octanol–water partition coefficient (Wildman–Crippen LogP) is 17.3. The van der Waals surface area contributed by atoms with Crippen LogP contribution >= 0.6 is 0 Å². The Morgan fingerprint density at radius 1 is 0.383 bits per heavy atom. The van der Waals surface area contributed by atoms with Gasteiger partial charge in [0.1, 0.15) is 6.61 Å². The monoisotopic (exact) mass is 839 g/mol. The molecule has 0 aromatic carbocycles. The number of carbonyl (C=O) groups excluding carboxylic acids is 2. The number of hydrogen-bond acceptors (Lipinski definition) is 5. The molecule has 0 aliphatic heterocycles. The van der Waals surface area contributed by atoms with E-state index in [0.717, 1.165) is 70.6 Å². The molecule has 0 radical (unpaired) electrons. The fraction of sp³-hybridized carbons (Fsp3) is 0.782. The van der Waals surface area contributed by atoms with Crippen LogP contribution in [0, 0.1) is 0 Å². The second kappa shape index (κ2) is 51.0. The molecule has 5 heteroatoms. The van der Waals surface area contributed by atoms with Crippen molar-refractivity contribution in [3.8, 4) is 0 Å². The molecule has 0 heterocycles. The van der Waals surface area contributed by atoms with Gasteiger partial charge in [-0.25, -0.2) is 0 Å². The lowest BCUT2D eigenvalue weighted by atomic mass is 10.0. The molecule has 0 aliphatic rings. The third-order valence-corrected chi connectivity index (χ3v) is 11.0. The van der Waals surface area contributed by atoms with Crippen LogP contribution in [0.2, 0.25) is 0 Å². The Morgan fingerprint density at radius 2 is 0.750 bits per heavy atom. The molecule has 0 saturated carbocycles. The van der Waals surface area contributed by atoms with Crippen LogP contribution < -0.4 is 0 Å². The summed E-state index contributed by atoms with van der Waals surface area (Å²) in [4.78, 5) is 25.4. The highest BCUT2D eigenvalue weighted by Crippen LogP contribution is 2.15. The van der Waals surface area contributed by atoms with Gasteiger partial charge in [0, 0.05) is 19.4 Å². The van der Waals surface area contributed by atoms with Crippen molar-refractivity contribution < 1.29 is 23.8 Å². The van der Waals surface area contributed by atoms with Gasteiger partial charge in [0.05, 0.1) is 6.61 Å². The molecule has 0 fully saturated rings. The van der Waals surface area contributed by atoms with Gasteiger partial charge in [-0.2, -0.15) is 0 Å². The van der Waals surface area contributed by atoms with Crippen LogP contribution in [0.1, 0.15) is 252 Å². The van der Waals surface area contributed by atoms with Crippen LogP contribution in [-0.4, -0.2) is 37.9 Å². The standard InChI is InChI=1S/C55H98O5/c1-4-7-10-13-16-19-22-25-27-29-32-35-38-41-44-47-50-58-51-53(60-55(57)49-46-43-40-37-34-30-24-21-18-15-12-9-6-3)52-59-54(56)48-45-42-39-36-33-31-28-26-23-20-17-14-11-8-5-2/h8,11,17,20,25-28,33,36,53H,4-7,9-10,12-16,18-19,21-24,29-32,34-35,37-52H2,1-3H3/b11-8-,20-17-,27-25-,28-26-,36-33-. The molecule has 0 aromatic heterocycles. The van der Waals surface area contributed by atoms with Crippen LogP contribution in [0.4, 0.5) is 0 Å². The molecular formula is C55H98O5. The minimum atomic E-state index is -0.554. The van der Waals surface area contributed by atoms with Crippen LogP contribution in [0.25, 0.3) is 0 Å². The average Bonchev–Trinajstić information content (AvgIpc) is 3.25. The maximum absolute atomic E-state index is 12.8. The summed E-state index contributed by atoms with van der Waals surface area (Å²) >= 11 is 0. The molecule has 348 valence electrons. The molecule has 0 aliphatic carbocycles. The van der Waals surface area contributed by atoms with Crippen molar-refractivity contribution in [2.45, 2.75) is 258 Å². The van der Waals surface area contributed by atoms with Crippen molar-refractivity contribution >= 4 is 11.9 Å². The van der Waals surface area contributed by atoms with Crippen molar-refractivity contribution in [1.82, 2.24) is 0 Å². The Labute approximate surface area is 373 Å². The first-order chi connectivity index (χ1) is 29.6. The van der Waals surface area contributed by atoms with Gasteiger partial charge in [-0.05, 0) is 83.5 Å². The van der Waals surface area contributed by atoms with E-state index in [-0.39, 0.29) is 25.2 Å². The molecular weight excluding hydrogens is 741 g/mol. The van der Waals surface area contributed by atoms with Gasteiger partial charge in [0.25, 0.3) is 0 Å². The lowest BCUT2D eigenvalue weighted by Crippen LogP contribution is -2.30. The topological polar surface area (TPSA) is 61.8 Å². The molecule has 1 unspecified atom stereocenters. The Hall–Kier alpha value is -2.40. The predicted molar refractivity (Wildman–Crippen MR) is 261 cm³/mol. The summed E-state index contributed by atoms with van der Waals surface area (Å²) in [7, 11) is 0. The quantitative estimate of drug-likeness (QED) is 0.0347. The summed E-state index contributed by atoms with van der Waals surface area (Å²) in [6.07, 6.45) is 63.7. The third kappa shape index (κ3) is 48.3. The second-order valence-electron chi connectivity index (χ2n) is 17.0. The van der Waals surface area contributed by atoms with Gasteiger partial charge in [0.2, 0.25) is 0 Å². The Kier molecular flexibility index (Phi) is 48.9. The molecule has 5 nitrogen and oxygen atoms in total. The number of hydrogen-bond donors (Lipinski definition) is 0. The number of allylic oxidation sites excluding steroid dienone is 10. The summed E-state index contributed by atoms with van der Waals surface area (Å²) in [5, 5.41) is 0. The van der Waals surface area contributed by atoms with E-state index in [1.165, 1.54) is 148 Å². The van der Waals surface area contributed by atoms with Crippen molar-refractivity contribution in [3.05, 3.63) is 60.8 Å². The van der Waals surface area contributed by atoms with Crippen molar-refractivity contribution in [2.24, 2.45) is 0 Å². The van der Waals surface area contributed by atoms with Gasteiger partial charge >= 0.3 is 11.9 Å². The maximum atomic E-state index is 12.8. The zero-order valence-electron chi connectivity index (χ0n) is 40.0. The van der Waals surface area contributed by atoms with Crippen LogP contribution in [0.15, 0.2) is 60.8 Å². The number of ether oxygens (including phenoxy) is 3. The highest BCUT2D eigenvalue weighted by atomic mass is 16.6. The largest absolute Gasteiger partial charge is 0.462 e. The molecule has 0 saturated heterocycles. The summed E-state index contributed by atoms with van der Waals surface area (Å²) in [6, 6.07) is 0. The van der Waals surface area contributed by atoms with E-state index in [0.29, 0.717) is 19.4 Å². The molecule has 0 amide bonds. The van der Waals surface area contributed by atoms with E-state index in [2.05, 4.69) is 81.5 Å². The first-order valence-electron chi connectivity index (χ1n) is 25.8. The van der Waals surface area contributed by atoms with E-state index in [4.69, 9.17) is 14.2 Å².